The predicted octanol–water partition coefficient (Wildman–Crippen LogP) is 3.28. The summed E-state index contributed by atoms with van der Waals surface area (Å²) in [6.45, 7) is 0. The molecule has 33 heavy (non-hydrogen) atoms. The molecular formula is C26H22N2O5. The zero-order valence-corrected chi connectivity index (χ0v) is 17.9. The number of allylic oxidation sites excluding steroid dienone is 2. The number of methoxy groups -OCH3 is 1. The molecule has 2 aromatic rings. The monoisotopic (exact) mass is 442 g/mol. The smallest absolute Gasteiger partial charge is 0.337 e. The number of carbonyl (C=O) groups excluding carboxylic acids is 4. The lowest BCUT2D eigenvalue weighted by atomic mass is 9.63. The summed E-state index contributed by atoms with van der Waals surface area (Å²) in [6.07, 6.45) is 5.44. The van der Waals surface area contributed by atoms with Crippen LogP contribution in [0.1, 0.15) is 27.1 Å². The Morgan fingerprint density at radius 1 is 0.848 bits per heavy atom. The molecule has 1 saturated heterocycles. The molecule has 0 unspecified atom stereocenters. The second kappa shape index (κ2) is 7.13. The molecule has 2 aromatic carbocycles. The van der Waals surface area contributed by atoms with E-state index in [1.807, 2.05) is 0 Å². The third-order valence-electron chi connectivity index (χ3n) is 7.61. The zero-order valence-electron chi connectivity index (χ0n) is 17.9. The lowest BCUT2D eigenvalue weighted by molar-refractivity contribution is -0.124. The number of carbonyl (C=O) groups is 4. The van der Waals surface area contributed by atoms with Gasteiger partial charge >= 0.3 is 5.97 Å². The van der Waals surface area contributed by atoms with Crippen molar-refractivity contribution in [1.29, 1.82) is 0 Å². The van der Waals surface area contributed by atoms with Crippen molar-refractivity contribution >= 4 is 35.1 Å². The Kier molecular flexibility index (Phi) is 4.30. The van der Waals surface area contributed by atoms with Crippen LogP contribution < -0.4 is 10.2 Å². The van der Waals surface area contributed by atoms with Gasteiger partial charge in [0.25, 0.3) is 5.91 Å². The van der Waals surface area contributed by atoms with Crippen molar-refractivity contribution in [2.75, 3.05) is 17.3 Å². The van der Waals surface area contributed by atoms with Gasteiger partial charge in [-0.05, 0) is 78.6 Å². The maximum atomic E-state index is 13.2. The normalized spacial score (nSPS) is 30.6. The highest BCUT2D eigenvalue weighted by Gasteiger charge is 2.67. The van der Waals surface area contributed by atoms with E-state index in [0.29, 0.717) is 34.3 Å². The zero-order chi connectivity index (χ0) is 22.9. The van der Waals surface area contributed by atoms with Crippen molar-refractivity contribution in [2.24, 2.45) is 35.5 Å². The van der Waals surface area contributed by atoms with Crippen LogP contribution in [0.4, 0.5) is 11.4 Å². The van der Waals surface area contributed by atoms with Gasteiger partial charge in [-0.15, -0.1) is 0 Å². The fraction of sp³-hybridized carbons (Fsp3) is 0.308. The van der Waals surface area contributed by atoms with Crippen molar-refractivity contribution < 1.29 is 23.9 Å². The highest BCUT2D eigenvalue weighted by atomic mass is 16.5. The molecule has 7 heteroatoms. The van der Waals surface area contributed by atoms with Crippen LogP contribution in [0.15, 0.2) is 60.7 Å². The van der Waals surface area contributed by atoms with E-state index in [9.17, 15) is 19.2 Å². The average Bonchev–Trinajstić information content (AvgIpc) is 3.62. The van der Waals surface area contributed by atoms with Gasteiger partial charge in [-0.25, -0.2) is 4.79 Å². The fourth-order valence-corrected chi connectivity index (χ4v) is 5.98. The molecular weight excluding hydrogens is 420 g/mol. The van der Waals surface area contributed by atoms with Crippen molar-refractivity contribution in [3.63, 3.8) is 0 Å². The molecule has 0 spiro atoms. The Balaban J connectivity index is 1.18. The molecule has 2 saturated carbocycles. The first-order valence-corrected chi connectivity index (χ1v) is 11.1. The van der Waals surface area contributed by atoms with Gasteiger partial charge in [0.2, 0.25) is 11.8 Å². The van der Waals surface area contributed by atoms with E-state index in [1.165, 1.54) is 12.0 Å². The Morgan fingerprint density at radius 2 is 1.39 bits per heavy atom. The standard InChI is InChI=1S/C26H22N2O5/c1-33-26(32)14-2-6-15(7-3-14)27-23(29)13-4-8-16(9-5-13)28-24(30)21-17-10-11-18(20-12-19(17)20)22(21)25(28)31/h2-11,17-22H,12H2,1H3,(H,27,29)/t17-,18-,19-,20-,21-,22+/m0/s1. The molecule has 1 heterocycles. The van der Waals surface area contributed by atoms with Crippen LogP contribution in [-0.4, -0.2) is 30.8 Å². The number of imide groups is 1. The minimum atomic E-state index is -0.449. The molecule has 3 amide bonds. The summed E-state index contributed by atoms with van der Waals surface area (Å²) in [5.41, 5.74) is 1.83. The minimum absolute atomic E-state index is 0.113. The maximum Gasteiger partial charge on any atom is 0.337 e. The van der Waals surface area contributed by atoms with Gasteiger partial charge in [-0.1, -0.05) is 12.2 Å². The van der Waals surface area contributed by atoms with Gasteiger partial charge in [0.05, 0.1) is 30.2 Å². The summed E-state index contributed by atoms with van der Waals surface area (Å²) in [7, 11) is 1.31. The summed E-state index contributed by atoms with van der Waals surface area (Å²) in [5, 5.41) is 2.77. The van der Waals surface area contributed by atoms with Crippen LogP contribution in [0.25, 0.3) is 0 Å². The van der Waals surface area contributed by atoms with Gasteiger partial charge < -0.3 is 10.1 Å². The first kappa shape index (κ1) is 19.9. The topological polar surface area (TPSA) is 92.8 Å². The number of ether oxygens (including phenoxy) is 1. The summed E-state index contributed by atoms with van der Waals surface area (Å²) < 4.78 is 4.67. The van der Waals surface area contributed by atoms with Gasteiger partial charge in [-0.2, -0.15) is 0 Å². The lowest BCUT2D eigenvalue weighted by Gasteiger charge is -2.37. The number of esters is 1. The SMILES string of the molecule is COC(=O)c1ccc(NC(=O)c2ccc(N3C(=O)[C@@H]4[C@H]5C=C[C@@H]([C@@H]6C[C@@H]56)[C@@H]4C3=O)cc2)cc1. The van der Waals surface area contributed by atoms with Crippen LogP contribution in [0.2, 0.25) is 0 Å². The molecule has 2 bridgehead atoms. The molecule has 4 aliphatic carbocycles. The quantitative estimate of drug-likeness (QED) is 0.446. The van der Waals surface area contributed by atoms with Crippen LogP contribution in [0, 0.1) is 35.5 Å². The molecule has 0 radical (unpaired) electrons. The second-order valence-corrected chi connectivity index (χ2v) is 9.24. The average molecular weight is 442 g/mol. The summed E-state index contributed by atoms with van der Waals surface area (Å²) in [5.74, 6) is -0.00676. The summed E-state index contributed by atoms with van der Waals surface area (Å²) in [6, 6.07) is 12.9. The van der Waals surface area contributed by atoms with Gasteiger partial charge in [-0.3, -0.25) is 19.3 Å². The second-order valence-electron chi connectivity index (χ2n) is 9.24. The molecule has 6 atom stereocenters. The summed E-state index contributed by atoms with van der Waals surface area (Å²) >= 11 is 0. The first-order chi connectivity index (χ1) is 16.0. The number of benzene rings is 2. The van der Waals surface area contributed by atoms with E-state index in [2.05, 4.69) is 22.2 Å². The van der Waals surface area contributed by atoms with Crippen molar-refractivity contribution in [1.82, 2.24) is 0 Å². The summed E-state index contributed by atoms with van der Waals surface area (Å²) in [4.78, 5) is 51.9. The van der Waals surface area contributed by atoms with Gasteiger partial charge in [0.1, 0.15) is 0 Å². The van der Waals surface area contributed by atoms with Crippen LogP contribution in [0.5, 0.6) is 0 Å². The van der Waals surface area contributed by atoms with Crippen molar-refractivity contribution in [3.8, 4) is 0 Å². The molecule has 166 valence electrons. The van der Waals surface area contributed by atoms with E-state index >= 15 is 0 Å². The fourth-order valence-electron chi connectivity index (χ4n) is 5.98. The number of hydrogen-bond acceptors (Lipinski definition) is 5. The van der Waals surface area contributed by atoms with Gasteiger partial charge in [0.15, 0.2) is 0 Å². The van der Waals surface area contributed by atoms with Crippen LogP contribution >= 0.6 is 0 Å². The third kappa shape index (κ3) is 2.95. The minimum Gasteiger partial charge on any atom is -0.465 e. The Labute approximate surface area is 190 Å². The van der Waals surface area contributed by atoms with Gasteiger partial charge in [0, 0.05) is 11.3 Å². The number of rotatable bonds is 4. The molecule has 1 N–H and O–H groups in total. The van der Waals surface area contributed by atoms with Crippen molar-refractivity contribution in [3.05, 3.63) is 71.8 Å². The van der Waals surface area contributed by atoms with E-state index in [1.54, 1.807) is 48.5 Å². The maximum absolute atomic E-state index is 13.2. The third-order valence-corrected chi connectivity index (χ3v) is 7.61. The van der Waals surface area contributed by atoms with E-state index < -0.39 is 5.97 Å². The molecule has 7 rings (SSSR count). The number of anilines is 2. The highest BCUT2D eigenvalue weighted by molar-refractivity contribution is 6.22. The molecule has 0 aromatic heterocycles. The number of amides is 3. The van der Waals surface area contributed by atoms with Crippen LogP contribution in [-0.2, 0) is 14.3 Å². The lowest BCUT2D eigenvalue weighted by Crippen LogP contribution is -2.40. The molecule has 5 aliphatic rings. The van der Waals surface area contributed by atoms with Crippen LogP contribution in [0.3, 0.4) is 0 Å². The largest absolute Gasteiger partial charge is 0.465 e. The predicted molar refractivity (Wildman–Crippen MR) is 119 cm³/mol. The Morgan fingerprint density at radius 3 is 1.94 bits per heavy atom. The Hall–Kier alpha value is -3.74. The number of hydrogen-bond donors (Lipinski definition) is 1. The van der Waals surface area contributed by atoms with Crippen molar-refractivity contribution in [2.45, 2.75) is 6.42 Å². The molecule has 1 aliphatic heterocycles. The first-order valence-electron chi connectivity index (χ1n) is 11.1. The Bertz CT molecular complexity index is 1180. The van der Waals surface area contributed by atoms with E-state index in [-0.39, 0.29) is 41.4 Å². The molecule has 7 nitrogen and oxygen atoms in total. The highest BCUT2D eigenvalue weighted by Crippen LogP contribution is 2.65. The number of nitrogens with one attached hydrogen (secondary N) is 1. The number of nitrogens with zero attached hydrogens (tertiary/aromatic N) is 1. The molecule has 3 fully saturated rings. The van der Waals surface area contributed by atoms with E-state index in [4.69, 9.17) is 0 Å². The van der Waals surface area contributed by atoms with E-state index in [0.717, 1.165) is 6.42 Å².